The standard InChI is InChI=1S/C12H17N5O/c1-7(4-10-5-8(2)16-17-10)15-12(18)11-13-6-9(3)14-11/h5-7H,4H2,1-3H3,(H,13,14)(H,15,18)(H,16,17)/t7-/m1/s1. The quantitative estimate of drug-likeness (QED) is 0.756. The van der Waals surface area contributed by atoms with Crippen molar-refractivity contribution >= 4 is 5.91 Å². The summed E-state index contributed by atoms with van der Waals surface area (Å²) >= 11 is 0. The van der Waals surface area contributed by atoms with Crippen LogP contribution in [0.25, 0.3) is 0 Å². The molecule has 2 aromatic rings. The number of hydrogen-bond donors (Lipinski definition) is 3. The largest absolute Gasteiger partial charge is 0.347 e. The molecule has 1 atom stereocenters. The highest BCUT2D eigenvalue weighted by atomic mass is 16.2. The lowest BCUT2D eigenvalue weighted by Gasteiger charge is -2.11. The van der Waals surface area contributed by atoms with Gasteiger partial charge in [-0.25, -0.2) is 4.98 Å². The molecule has 0 saturated carbocycles. The molecule has 2 heterocycles. The number of amides is 1. The summed E-state index contributed by atoms with van der Waals surface area (Å²) < 4.78 is 0. The van der Waals surface area contributed by atoms with Crippen molar-refractivity contribution in [3.05, 3.63) is 35.2 Å². The zero-order valence-electron chi connectivity index (χ0n) is 10.7. The topological polar surface area (TPSA) is 86.5 Å². The maximum Gasteiger partial charge on any atom is 0.287 e. The van der Waals surface area contributed by atoms with E-state index in [2.05, 4.69) is 25.5 Å². The Kier molecular flexibility index (Phi) is 3.45. The molecular weight excluding hydrogens is 230 g/mol. The number of nitrogens with one attached hydrogen (secondary N) is 3. The third-order valence-electron chi connectivity index (χ3n) is 2.57. The van der Waals surface area contributed by atoms with Crippen LogP contribution >= 0.6 is 0 Å². The van der Waals surface area contributed by atoms with E-state index in [0.29, 0.717) is 12.2 Å². The van der Waals surface area contributed by atoms with Crippen LogP contribution in [-0.4, -0.2) is 32.1 Å². The Bertz CT molecular complexity index is 542. The molecule has 0 aliphatic heterocycles. The lowest BCUT2D eigenvalue weighted by Crippen LogP contribution is -2.34. The molecule has 6 nitrogen and oxygen atoms in total. The van der Waals surface area contributed by atoms with Crippen molar-refractivity contribution in [3.8, 4) is 0 Å². The minimum Gasteiger partial charge on any atom is -0.347 e. The summed E-state index contributed by atoms with van der Waals surface area (Å²) in [5, 5.41) is 9.90. The molecule has 0 spiro atoms. The van der Waals surface area contributed by atoms with Gasteiger partial charge in [0.1, 0.15) is 0 Å². The summed E-state index contributed by atoms with van der Waals surface area (Å²) in [5.41, 5.74) is 2.83. The van der Waals surface area contributed by atoms with E-state index in [4.69, 9.17) is 0 Å². The van der Waals surface area contributed by atoms with E-state index in [9.17, 15) is 4.79 Å². The molecule has 2 rings (SSSR count). The van der Waals surface area contributed by atoms with Gasteiger partial charge in [-0.2, -0.15) is 5.10 Å². The molecule has 0 aliphatic carbocycles. The number of aromatic amines is 2. The Morgan fingerprint density at radius 3 is 2.78 bits per heavy atom. The number of nitrogens with zero attached hydrogens (tertiary/aromatic N) is 2. The van der Waals surface area contributed by atoms with Gasteiger partial charge in [-0.05, 0) is 26.8 Å². The number of carbonyl (C=O) groups excluding carboxylic acids is 1. The zero-order chi connectivity index (χ0) is 13.1. The molecule has 1 amide bonds. The van der Waals surface area contributed by atoms with E-state index < -0.39 is 0 Å². The first kappa shape index (κ1) is 12.3. The lowest BCUT2D eigenvalue weighted by molar-refractivity contribution is 0.0930. The van der Waals surface area contributed by atoms with Crippen LogP contribution < -0.4 is 5.32 Å². The Morgan fingerprint density at radius 1 is 1.44 bits per heavy atom. The maximum absolute atomic E-state index is 11.8. The summed E-state index contributed by atoms with van der Waals surface area (Å²) in [6, 6.07) is 1.98. The van der Waals surface area contributed by atoms with Crippen molar-refractivity contribution in [2.45, 2.75) is 33.2 Å². The monoisotopic (exact) mass is 247 g/mol. The van der Waals surface area contributed by atoms with Crippen molar-refractivity contribution in [2.75, 3.05) is 0 Å². The van der Waals surface area contributed by atoms with E-state index in [0.717, 1.165) is 17.1 Å². The van der Waals surface area contributed by atoms with Gasteiger partial charge in [0.15, 0.2) is 5.82 Å². The van der Waals surface area contributed by atoms with Crippen LogP contribution in [0.5, 0.6) is 0 Å². The highest BCUT2D eigenvalue weighted by Crippen LogP contribution is 2.03. The lowest BCUT2D eigenvalue weighted by atomic mass is 10.2. The predicted octanol–water partition coefficient (Wildman–Crippen LogP) is 1.11. The van der Waals surface area contributed by atoms with Gasteiger partial charge in [-0.15, -0.1) is 0 Å². The van der Waals surface area contributed by atoms with Crippen molar-refractivity contribution in [1.82, 2.24) is 25.5 Å². The van der Waals surface area contributed by atoms with E-state index >= 15 is 0 Å². The SMILES string of the molecule is Cc1cc(C[C@@H](C)NC(=O)c2ncc(C)[nH]2)n[nH]1. The minimum absolute atomic E-state index is 0.00519. The molecule has 18 heavy (non-hydrogen) atoms. The molecule has 96 valence electrons. The first-order valence-electron chi connectivity index (χ1n) is 5.88. The predicted molar refractivity (Wildman–Crippen MR) is 67.3 cm³/mol. The van der Waals surface area contributed by atoms with Crippen LogP contribution in [0, 0.1) is 13.8 Å². The number of imidazole rings is 1. The Balaban J connectivity index is 1.91. The smallest absolute Gasteiger partial charge is 0.287 e. The summed E-state index contributed by atoms with van der Waals surface area (Å²) in [6.07, 6.45) is 2.33. The molecule has 0 aliphatic rings. The van der Waals surface area contributed by atoms with Gasteiger partial charge in [0.25, 0.3) is 5.91 Å². The molecular formula is C12H17N5O. The van der Waals surface area contributed by atoms with Gasteiger partial charge >= 0.3 is 0 Å². The van der Waals surface area contributed by atoms with Crippen molar-refractivity contribution in [3.63, 3.8) is 0 Å². The molecule has 0 radical (unpaired) electrons. The van der Waals surface area contributed by atoms with E-state index in [1.165, 1.54) is 0 Å². The van der Waals surface area contributed by atoms with Crippen LogP contribution in [-0.2, 0) is 6.42 Å². The normalized spacial score (nSPS) is 12.4. The van der Waals surface area contributed by atoms with Gasteiger partial charge in [0.2, 0.25) is 0 Å². The number of H-pyrrole nitrogens is 2. The maximum atomic E-state index is 11.8. The molecule has 0 saturated heterocycles. The first-order valence-corrected chi connectivity index (χ1v) is 5.88. The molecule has 3 N–H and O–H groups in total. The van der Waals surface area contributed by atoms with E-state index in [1.807, 2.05) is 26.8 Å². The van der Waals surface area contributed by atoms with Gasteiger partial charge in [-0.1, -0.05) is 0 Å². The number of hydrogen-bond acceptors (Lipinski definition) is 3. The average molecular weight is 247 g/mol. The molecule has 0 bridgehead atoms. The van der Waals surface area contributed by atoms with Crippen LogP contribution in [0.1, 0.15) is 34.6 Å². The highest BCUT2D eigenvalue weighted by Gasteiger charge is 2.13. The summed E-state index contributed by atoms with van der Waals surface area (Å²) in [7, 11) is 0. The number of aryl methyl sites for hydroxylation is 2. The van der Waals surface area contributed by atoms with Gasteiger partial charge in [-0.3, -0.25) is 9.89 Å². The van der Waals surface area contributed by atoms with Gasteiger partial charge < -0.3 is 10.3 Å². The molecule has 2 aromatic heterocycles. The summed E-state index contributed by atoms with van der Waals surface area (Å²) in [5.74, 6) is 0.153. The summed E-state index contributed by atoms with van der Waals surface area (Å²) in [6.45, 7) is 5.75. The zero-order valence-corrected chi connectivity index (χ0v) is 10.7. The average Bonchev–Trinajstić information content (AvgIpc) is 2.87. The second-order valence-electron chi connectivity index (χ2n) is 4.54. The van der Waals surface area contributed by atoms with Crippen molar-refractivity contribution in [2.24, 2.45) is 0 Å². The fraction of sp³-hybridized carbons (Fsp3) is 0.417. The fourth-order valence-electron chi connectivity index (χ4n) is 1.76. The molecule has 0 unspecified atom stereocenters. The van der Waals surface area contributed by atoms with Gasteiger partial charge in [0, 0.05) is 30.0 Å². The molecule has 0 fully saturated rings. The second kappa shape index (κ2) is 5.03. The molecule has 0 aromatic carbocycles. The van der Waals surface area contributed by atoms with Gasteiger partial charge in [0.05, 0.1) is 5.69 Å². The first-order chi connectivity index (χ1) is 8.54. The Hall–Kier alpha value is -2.11. The molecule has 6 heteroatoms. The van der Waals surface area contributed by atoms with Crippen LogP contribution in [0.3, 0.4) is 0 Å². The third-order valence-corrected chi connectivity index (χ3v) is 2.57. The number of carbonyl (C=O) groups is 1. The van der Waals surface area contributed by atoms with Crippen LogP contribution in [0.2, 0.25) is 0 Å². The fourth-order valence-corrected chi connectivity index (χ4v) is 1.76. The summed E-state index contributed by atoms with van der Waals surface area (Å²) in [4.78, 5) is 18.7. The minimum atomic E-state index is -0.192. The van der Waals surface area contributed by atoms with E-state index in [1.54, 1.807) is 6.20 Å². The Labute approximate surface area is 105 Å². The highest BCUT2D eigenvalue weighted by molar-refractivity contribution is 5.90. The third kappa shape index (κ3) is 2.97. The van der Waals surface area contributed by atoms with Crippen LogP contribution in [0.15, 0.2) is 12.3 Å². The van der Waals surface area contributed by atoms with E-state index in [-0.39, 0.29) is 11.9 Å². The van der Waals surface area contributed by atoms with Crippen LogP contribution in [0.4, 0.5) is 0 Å². The van der Waals surface area contributed by atoms with Crippen molar-refractivity contribution in [1.29, 1.82) is 0 Å². The number of rotatable bonds is 4. The Morgan fingerprint density at radius 2 is 2.22 bits per heavy atom. The second-order valence-corrected chi connectivity index (χ2v) is 4.54. The van der Waals surface area contributed by atoms with Crippen molar-refractivity contribution < 1.29 is 4.79 Å². The number of aromatic nitrogens is 4.